The molecule has 1 N–H and O–H groups in total. The molecule has 1 aromatic heterocycles. The van der Waals surface area contributed by atoms with Crippen molar-refractivity contribution in [1.82, 2.24) is 15.2 Å². The normalized spacial score (nSPS) is 14.7. The van der Waals surface area contributed by atoms with Gasteiger partial charge in [-0.1, -0.05) is 0 Å². The standard InChI is InChI=1S/C14H24N4OS.HI/c1-11-16-8-13(20-11)9-17-14(15-2)18(3)6-7-19-10-12-4-5-12;/h8,12H,4-7,9-10H2,1-3H3,(H,15,17);1H. The van der Waals surface area contributed by atoms with E-state index in [1.54, 1.807) is 11.3 Å². The Labute approximate surface area is 148 Å². The molecule has 5 nitrogen and oxygen atoms in total. The first-order valence-corrected chi connectivity index (χ1v) is 7.91. The largest absolute Gasteiger partial charge is 0.379 e. The van der Waals surface area contributed by atoms with Gasteiger partial charge < -0.3 is 15.0 Å². The molecule has 21 heavy (non-hydrogen) atoms. The number of aryl methyl sites for hydroxylation is 1. The third-order valence-electron chi connectivity index (χ3n) is 3.28. The number of hydrogen-bond donors (Lipinski definition) is 1. The van der Waals surface area contributed by atoms with Crippen LogP contribution in [0.15, 0.2) is 11.2 Å². The summed E-state index contributed by atoms with van der Waals surface area (Å²) >= 11 is 1.71. The van der Waals surface area contributed by atoms with E-state index in [9.17, 15) is 0 Å². The van der Waals surface area contributed by atoms with Crippen molar-refractivity contribution in [3.8, 4) is 0 Å². The van der Waals surface area contributed by atoms with Gasteiger partial charge in [0.2, 0.25) is 0 Å². The minimum atomic E-state index is 0. The van der Waals surface area contributed by atoms with Crippen LogP contribution in [0.5, 0.6) is 0 Å². The summed E-state index contributed by atoms with van der Waals surface area (Å²) in [5.41, 5.74) is 0. The summed E-state index contributed by atoms with van der Waals surface area (Å²) in [6.07, 6.45) is 4.60. The molecule has 0 aromatic carbocycles. The molecule has 2 rings (SSSR count). The maximum atomic E-state index is 5.66. The van der Waals surface area contributed by atoms with Crippen LogP contribution >= 0.6 is 35.3 Å². The molecule has 1 aromatic rings. The first-order valence-electron chi connectivity index (χ1n) is 7.10. The van der Waals surface area contributed by atoms with Crippen molar-refractivity contribution in [1.29, 1.82) is 0 Å². The second kappa shape index (κ2) is 9.58. The fourth-order valence-corrected chi connectivity index (χ4v) is 2.61. The molecule has 0 unspecified atom stereocenters. The lowest BCUT2D eigenvalue weighted by Gasteiger charge is -2.21. The lowest BCUT2D eigenvalue weighted by molar-refractivity contribution is 0.115. The van der Waals surface area contributed by atoms with Gasteiger partial charge in [0.15, 0.2) is 5.96 Å². The van der Waals surface area contributed by atoms with Gasteiger partial charge in [0.1, 0.15) is 0 Å². The number of hydrogen-bond acceptors (Lipinski definition) is 4. The topological polar surface area (TPSA) is 49.8 Å². The molecule has 0 atom stereocenters. The summed E-state index contributed by atoms with van der Waals surface area (Å²) in [6, 6.07) is 0. The van der Waals surface area contributed by atoms with E-state index in [0.717, 1.165) is 43.2 Å². The van der Waals surface area contributed by atoms with Gasteiger partial charge in [-0.2, -0.15) is 0 Å². The molecule has 1 heterocycles. The number of halogens is 1. The Morgan fingerprint density at radius 3 is 2.90 bits per heavy atom. The molecule has 1 saturated carbocycles. The van der Waals surface area contributed by atoms with Gasteiger partial charge >= 0.3 is 0 Å². The fraction of sp³-hybridized carbons (Fsp3) is 0.714. The van der Waals surface area contributed by atoms with E-state index in [4.69, 9.17) is 4.74 Å². The molecule has 0 spiro atoms. The summed E-state index contributed by atoms with van der Waals surface area (Å²) in [7, 11) is 3.84. The summed E-state index contributed by atoms with van der Waals surface area (Å²) in [4.78, 5) is 11.9. The maximum Gasteiger partial charge on any atom is 0.193 e. The Bertz CT molecular complexity index is 448. The first-order chi connectivity index (χ1) is 9.69. The maximum absolute atomic E-state index is 5.66. The molecule has 0 saturated heterocycles. The molecule has 1 aliphatic carbocycles. The monoisotopic (exact) mass is 424 g/mol. The molecule has 1 fully saturated rings. The fourth-order valence-electron chi connectivity index (χ4n) is 1.88. The van der Waals surface area contributed by atoms with Gasteiger partial charge in [-0.3, -0.25) is 4.99 Å². The predicted molar refractivity (Wildman–Crippen MR) is 98.6 cm³/mol. The van der Waals surface area contributed by atoms with E-state index in [1.165, 1.54) is 17.7 Å². The number of nitrogens with one attached hydrogen (secondary N) is 1. The van der Waals surface area contributed by atoms with Crippen molar-refractivity contribution in [3.63, 3.8) is 0 Å². The Kier molecular flexibility index (Phi) is 8.50. The third-order valence-corrected chi connectivity index (χ3v) is 4.20. The van der Waals surface area contributed by atoms with E-state index in [2.05, 4.69) is 20.2 Å². The van der Waals surface area contributed by atoms with Crippen LogP contribution in [0.1, 0.15) is 22.7 Å². The molecule has 0 amide bonds. The SMILES string of the molecule is CN=C(NCc1cnc(C)s1)N(C)CCOCC1CC1.I. The van der Waals surface area contributed by atoms with Gasteiger partial charge in [-0.15, -0.1) is 35.3 Å². The van der Waals surface area contributed by atoms with Crippen molar-refractivity contribution in [3.05, 3.63) is 16.1 Å². The highest BCUT2D eigenvalue weighted by molar-refractivity contribution is 14.0. The predicted octanol–water partition coefficient (Wildman–Crippen LogP) is 2.50. The highest BCUT2D eigenvalue weighted by atomic mass is 127. The number of likely N-dealkylation sites (N-methyl/N-ethyl adjacent to an activating group) is 1. The average Bonchev–Trinajstić information content (AvgIpc) is 3.17. The molecule has 0 bridgehead atoms. The van der Waals surface area contributed by atoms with E-state index >= 15 is 0 Å². The zero-order valence-electron chi connectivity index (χ0n) is 13.0. The van der Waals surface area contributed by atoms with Crippen LogP contribution in [0.4, 0.5) is 0 Å². The number of ether oxygens (including phenoxy) is 1. The number of aliphatic imine (C=N–C) groups is 1. The second-order valence-corrected chi connectivity index (χ2v) is 6.51. The van der Waals surface area contributed by atoms with E-state index < -0.39 is 0 Å². The summed E-state index contributed by atoms with van der Waals surface area (Å²) in [6.45, 7) is 5.32. The number of thiazole rings is 1. The van der Waals surface area contributed by atoms with Crippen LogP contribution < -0.4 is 5.32 Å². The van der Waals surface area contributed by atoms with Crippen LogP contribution in [0, 0.1) is 12.8 Å². The van der Waals surface area contributed by atoms with Crippen molar-refractivity contribution in [2.45, 2.75) is 26.3 Å². The smallest absolute Gasteiger partial charge is 0.193 e. The van der Waals surface area contributed by atoms with Crippen molar-refractivity contribution < 1.29 is 4.74 Å². The van der Waals surface area contributed by atoms with E-state index in [-0.39, 0.29) is 24.0 Å². The van der Waals surface area contributed by atoms with Gasteiger partial charge in [-0.05, 0) is 25.7 Å². The number of nitrogens with zero attached hydrogens (tertiary/aromatic N) is 3. The molecule has 7 heteroatoms. The van der Waals surface area contributed by atoms with Gasteiger partial charge in [0.25, 0.3) is 0 Å². The number of aromatic nitrogens is 1. The Balaban J connectivity index is 0.00000220. The Morgan fingerprint density at radius 2 is 2.33 bits per heavy atom. The molecule has 0 aliphatic heterocycles. The molecular weight excluding hydrogens is 399 g/mol. The van der Waals surface area contributed by atoms with E-state index in [1.807, 2.05) is 27.2 Å². The number of rotatable bonds is 7. The van der Waals surface area contributed by atoms with Crippen LogP contribution in [0.25, 0.3) is 0 Å². The quantitative estimate of drug-likeness (QED) is 0.316. The molecular formula is C14H25IN4OS. The first kappa shape index (κ1) is 18.6. The Hall–Kier alpha value is -0.410. The van der Waals surface area contributed by atoms with Crippen LogP contribution in [0.3, 0.4) is 0 Å². The highest BCUT2D eigenvalue weighted by Crippen LogP contribution is 2.28. The third kappa shape index (κ3) is 6.92. The molecule has 0 radical (unpaired) electrons. The zero-order valence-corrected chi connectivity index (χ0v) is 16.1. The minimum Gasteiger partial charge on any atom is -0.379 e. The summed E-state index contributed by atoms with van der Waals surface area (Å²) in [5, 5.41) is 4.45. The minimum absolute atomic E-state index is 0. The van der Waals surface area contributed by atoms with Gasteiger partial charge in [-0.25, -0.2) is 4.98 Å². The van der Waals surface area contributed by atoms with Crippen LogP contribution in [0.2, 0.25) is 0 Å². The van der Waals surface area contributed by atoms with Crippen LogP contribution in [-0.4, -0.2) is 49.7 Å². The van der Waals surface area contributed by atoms with Crippen LogP contribution in [-0.2, 0) is 11.3 Å². The lowest BCUT2D eigenvalue weighted by atomic mass is 10.5. The molecule has 120 valence electrons. The van der Waals surface area contributed by atoms with Gasteiger partial charge in [0, 0.05) is 38.3 Å². The van der Waals surface area contributed by atoms with Gasteiger partial charge in [0.05, 0.1) is 18.2 Å². The van der Waals surface area contributed by atoms with Crippen molar-refractivity contribution in [2.24, 2.45) is 10.9 Å². The highest BCUT2D eigenvalue weighted by Gasteiger charge is 2.21. The molecule has 1 aliphatic rings. The lowest BCUT2D eigenvalue weighted by Crippen LogP contribution is -2.40. The summed E-state index contributed by atoms with van der Waals surface area (Å²) in [5.74, 6) is 1.72. The average molecular weight is 424 g/mol. The zero-order chi connectivity index (χ0) is 14.4. The second-order valence-electron chi connectivity index (χ2n) is 5.19. The summed E-state index contributed by atoms with van der Waals surface area (Å²) < 4.78 is 5.66. The van der Waals surface area contributed by atoms with E-state index in [0.29, 0.717) is 0 Å². The van der Waals surface area contributed by atoms with Crippen molar-refractivity contribution in [2.75, 3.05) is 33.9 Å². The number of guanidine groups is 1. The van der Waals surface area contributed by atoms with Crippen molar-refractivity contribution >= 4 is 41.3 Å². The Morgan fingerprint density at radius 1 is 1.57 bits per heavy atom.